The van der Waals surface area contributed by atoms with Crippen molar-refractivity contribution < 1.29 is 14.3 Å². The van der Waals surface area contributed by atoms with Crippen LogP contribution in [0.3, 0.4) is 0 Å². The van der Waals surface area contributed by atoms with Gasteiger partial charge in [0.1, 0.15) is 0 Å². The number of nitrogens with zero attached hydrogens (tertiary/aromatic N) is 1. The van der Waals surface area contributed by atoms with Gasteiger partial charge in [-0.1, -0.05) is 44.2 Å². The smallest absolute Gasteiger partial charge is 0.338 e. The topological polar surface area (TPSA) is 70.7 Å². The van der Waals surface area contributed by atoms with Crippen LogP contribution in [-0.2, 0) is 9.53 Å². The fourth-order valence-electron chi connectivity index (χ4n) is 3.46. The normalized spacial score (nSPS) is 16.1. The zero-order valence-electron chi connectivity index (χ0n) is 19.1. The molecular weight excluding hydrogens is 422 g/mol. The van der Waals surface area contributed by atoms with Crippen LogP contribution in [0.5, 0.6) is 0 Å². The zero-order valence-corrected chi connectivity index (χ0v) is 19.9. The Labute approximate surface area is 194 Å². The highest BCUT2D eigenvalue weighted by molar-refractivity contribution is 7.80. The molecule has 2 N–H and O–H groups in total. The molecule has 1 atom stereocenters. The average Bonchev–Trinajstić information content (AvgIpc) is 2.76. The summed E-state index contributed by atoms with van der Waals surface area (Å²) in [6, 6.07) is 14.4. The number of carbonyl (C=O) groups excluding carboxylic acids is 2. The molecule has 2 aromatic carbocycles. The SMILES string of the molecule is CC1=C(C(=O)OCC(C)C)[C@@H](c2ccc(NC(=O)c3ccccc3C)cc2)NC(=S)N1C. The summed E-state index contributed by atoms with van der Waals surface area (Å²) in [7, 11) is 1.82. The van der Waals surface area contributed by atoms with Crippen LogP contribution >= 0.6 is 12.2 Å². The molecule has 0 unspecified atom stereocenters. The van der Waals surface area contributed by atoms with E-state index in [1.54, 1.807) is 11.0 Å². The van der Waals surface area contributed by atoms with Crippen LogP contribution in [0, 0.1) is 12.8 Å². The molecule has 0 fully saturated rings. The molecule has 0 bridgehead atoms. The molecule has 168 valence electrons. The lowest BCUT2D eigenvalue weighted by Crippen LogP contribution is -2.46. The van der Waals surface area contributed by atoms with Crippen LogP contribution in [0.2, 0.25) is 0 Å². The van der Waals surface area contributed by atoms with Gasteiger partial charge in [-0.05, 0) is 61.3 Å². The summed E-state index contributed by atoms with van der Waals surface area (Å²) in [5.74, 6) is -0.284. The lowest BCUT2D eigenvalue weighted by molar-refractivity contribution is -0.140. The van der Waals surface area contributed by atoms with Gasteiger partial charge >= 0.3 is 5.97 Å². The van der Waals surface area contributed by atoms with Gasteiger partial charge in [-0.3, -0.25) is 4.79 Å². The number of aryl methyl sites for hydroxylation is 1. The largest absolute Gasteiger partial charge is 0.462 e. The standard InChI is InChI=1S/C25H29N3O3S/c1-15(2)14-31-24(30)21-17(4)28(5)25(32)27-22(21)18-10-12-19(13-11-18)26-23(29)20-9-7-6-8-16(20)3/h6-13,15,22H,14H2,1-5H3,(H,26,29)(H,27,32)/t22-/m1/s1. The maximum Gasteiger partial charge on any atom is 0.338 e. The van der Waals surface area contributed by atoms with E-state index in [4.69, 9.17) is 17.0 Å². The Balaban J connectivity index is 1.83. The maximum atomic E-state index is 12.9. The second-order valence-corrected chi connectivity index (χ2v) is 8.71. The highest BCUT2D eigenvalue weighted by atomic mass is 32.1. The van der Waals surface area contributed by atoms with Gasteiger partial charge in [0.25, 0.3) is 5.91 Å². The van der Waals surface area contributed by atoms with Gasteiger partial charge in [-0.2, -0.15) is 0 Å². The Kier molecular flexibility index (Phi) is 7.30. The van der Waals surface area contributed by atoms with Gasteiger partial charge < -0.3 is 20.3 Å². The minimum Gasteiger partial charge on any atom is -0.462 e. The highest BCUT2D eigenvalue weighted by Gasteiger charge is 2.33. The number of hydrogen-bond acceptors (Lipinski definition) is 4. The van der Waals surface area contributed by atoms with E-state index < -0.39 is 6.04 Å². The molecule has 2 aromatic rings. The van der Waals surface area contributed by atoms with Crippen molar-refractivity contribution in [2.45, 2.75) is 33.7 Å². The molecular formula is C25H29N3O3S. The first-order valence-electron chi connectivity index (χ1n) is 10.6. The van der Waals surface area contributed by atoms with Crippen molar-refractivity contribution in [3.8, 4) is 0 Å². The average molecular weight is 452 g/mol. The number of amides is 1. The third-order valence-electron chi connectivity index (χ3n) is 5.41. The number of carbonyl (C=O) groups is 2. The summed E-state index contributed by atoms with van der Waals surface area (Å²) in [6.45, 7) is 8.11. The highest BCUT2D eigenvalue weighted by Crippen LogP contribution is 2.31. The molecule has 0 aliphatic carbocycles. The van der Waals surface area contributed by atoms with Crippen molar-refractivity contribution in [3.63, 3.8) is 0 Å². The first-order chi connectivity index (χ1) is 15.2. The molecule has 1 amide bonds. The molecule has 3 rings (SSSR count). The second-order valence-electron chi connectivity index (χ2n) is 8.32. The van der Waals surface area contributed by atoms with Crippen LogP contribution in [0.15, 0.2) is 59.8 Å². The number of thiocarbonyl (C=S) groups is 1. The predicted molar refractivity (Wildman–Crippen MR) is 130 cm³/mol. The van der Waals surface area contributed by atoms with E-state index in [1.165, 1.54) is 0 Å². The van der Waals surface area contributed by atoms with Crippen molar-refractivity contribution in [2.75, 3.05) is 19.0 Å². The van der Waals surface area contributed by atoms with Crippen LogP contribution in [0.25, 0.3) is 0 Å². The van der Waals surface area contributed by atoms with E-state index in [2.05, 4.69) is 10.6 Å². The molecule has 1 aliphatic heterocycles. The number of anilines is 1. The third kappa shape index (κ3) is 5.16. The first-order valence-corrected chi connectivity index (χ1v) is 11.0. The van der Waals surface area contributed by atoms with E-state index >= 15 is 0 Å². The molecule has 0 aromatic heterocycles. The number of esters is 1. The van der Waals surface area contributed by atoms with Crippen LogP contribution in [0.1, 0.15) is 48.3 Å². The Morgan fingerprint density at radius 1 is 1.12 bits per heavy atom. The Hall–Kier alpha value is -3.19. The number of hydrogen-bond donors (Lipinski definition) is 2. The molecule has 32 heavy (non-hydrogen) atoms. The second kappa shape index (κ2) is 9.96. The van der Waals surface area contributed by atoms with E-state index in [0.29, 0.717) is 28.5 Å². The first kappa shape index (κ1) is 23.5. The van der Waals surface area contributed by atoms with Gasteiger partial charge in [-0.15, -0.1) is 0 Å². The Morgan fingerprint density at radius 3 is 2.41 bits per heavy atom. The quantitative estimate of drug-likeness (QED) is 0.495. The van der Waals surface area contributed by atoms with Gasteiger partial charge in [0.2, 0.25) is 0 Å². The minimum atomic E-state index is -0.431. The fourth-order valence-corrected chi connectivity index (χ4v) is 3.71. The molecule has 0 saturated heterocycles. The van der Waals surface area contributed by atoms with Crippen LogP contribution in [0.4, 0.5) is 5.69 Å². The van der Waals surface area contributed by atoms with Crippen molar-refractivity contribution in [3.05, 3.63) is 76.5 Å². The van der Waals surface area contributed by atoms with Gasteiger partial charge in [-0.25, -0.2) is 4.79 Å². The maximum absolute atomic E-state index is 12.9. The molecule has 0 spiro atoms. The van der Waals surface area contributed by atoms with Gasteiger partial charge in [0.15, 0.2) is 5.11 Å². The summed E-state index contributed by atoms with van der Waals surface area (Å²) in [6.07, 6.45) is 0. The summed E-state index contributed by atoms with van der Waals surface area (Å²) in [5, 5.41) is 6.69. The van der Waals surface area contributed by atoms with Crippen molar-refractivity contribution >= 4 is 34.9 Å². The molecule has 6 nitrogen and oxygen atoms in total. The van der Waals surface area contributed by atoms with E-state index in [0.717, 1.165) is 16.8 Å². The van der Waals surface area contributed by atoms with E-state index in [9.17, 15) is 9.59 Å². The number of nitrogens with one attached hydrogen (secondary N) is 2. The van der Waals surface area contributed by atoms with Crippen molar-refractivity contribution in [1.29, 1.82) is 0 Å². The lowest BCUT2D eigenvalue weighted by Gasteiger charge is -2.35. The monoisotopic (exact) mass is 451 g/mol. The van der Waals surface area contributed by atoms with Crippen molar-refractivity contribution in [1.82, 2.24) is 10.2 Å². The van der Waals surface area contributed by atoms with E-state index in [1.807, 2.05) is 77.2 Å². The number of ether oxygens (including phenoxy) is 1. The molecule has 7 heteroatoms. The summed E-state index contributed by atoms with van der Waals surface area (Å²) in [5.41, 5.74) is 4.35. The number of allylic oxidation sites excluding steroid dienone is 1. The third-order valence-corrected chi connectivity index (χ3v) is 5.80. The molecule has 1 heterocycles. The number of rotatable bonds is 6. The predicted octanol–water partition coefficient (Wildman–Crippen LogP) is 4.58. The Morgan fingerprint density at radius 2 is 1.78 bits per heavy atom. The van der Waals surface area contributed by atoms with Gasteiger partial charge in [0.05, 0.1) is 18.2 Å². The summed E-state index contributed by atoms with van der Waals surface area (Å²) >= 11 is 5.45. The minimum absolute atomic E-state index is 0.164. The zero-order chi connectivity index (χ0) is 23.4. The summed E-state index contributed by atoms with van der Waals surface area (Å²) < 4.78 is 5.52. The van der Waals surface area contributed by atoms with Crippen LogP contribution < -0.4 is 10.6 Å². The summed E-state index contributed by atoms with van der Waals surface area (Å²) in [4.78, 5) is 27.3. The van der Waals surface area contributed by atoms with Crippen LogP contribution in [-0.4, -0.2) is 35.5 Å². The number of benzene rings is 2. The Bertz CT molecular complexity index is 1060. The van der Waals surface area contributed by atoms with E-state index in [-0.39, 0.29) is 17.8 Å². The fraction of sp³-hybridized carbons (Fsp3) is 0.320. The van der Waals surface area contributed by atoms with Gasteiger partial charge in [0, 0.05) is 24.0 Å². The lowest BCUT2D eigenvalue weighted by atomic mass is 9.95. The molecule has 0 saturated carbocycles. The molecule has 0 radical (unpaired) electrons. The molecule has 1 aliphatic rings. The van der Waals surface area contributed by atoms with Crippen molar-refractivity contribution in [2.24, 2.45) is 5.92 Å².